The summed E-state index contributed by atoms with van der Waals surface area (Å²) in [6, 6.07) is 17.0. The fourth-order valence-electron chi connectivity index (χ4n) is 4.12. The average Bonchev–Trinajstić information content (AvgIpc) is 3.01. The van der Waals surface area contributed by atoms with Gasteiger partial charge in [0.15, 0.2) is 0 Å². The lowest BCUT2D eigenvalue weighted by Gasteiger charge is -2.23. The van der Waals surface area contributed by atoms with Gasteiger partial charge in [0.05, 0.1) is 5.92 Å². The van der Waals surface area contributed by atoms with Crippen LogP contribution in [0.4, 0.5) is 4.79 Å². The SMILES string of the molecule is O=C1NC(=O)[C@@H](CCC(=O)N2CCNC(=O)[C@@H](Cc3ccc(-c4ccccc4)cc3)C2)N1. The van der Waals surface area contributed by atoms with Crippen LogP contribution in [0.3, 0.4) is 0 Å². The molecular formula is C24H26N4O4. The van der Waals surface area contributed by atoms with Gasteiger partial charge < -0.3 is 15.5 Å². The van der Waals surface area contributed by atoms with E-state index in [1.54, 1.807) is 4.90 Å². The number of rotatable bonds is 6. The molecule has 2 saturated heterocycles. The number of nitrogens with one attached hydrogen (secondary N) is 3. The number of nitrogens with zero attached hydrogens (tertiary/aromatic N) is 1. The number of imide groups is 1. The molecule has 0 aliphatic carbocycles. The Labute approximate surface area is 186 Å². The van der Waals surface area contributed by atoms with E-state index in [1.165, 1.54) is 0 Å². The van der Waals surface area contributed by atoms with Crippen LogP contribution in [0.25, 0.3) is 11.1 Å². The maximum atomic E-state index is 12.7. The van der Waals surface area contributed by atoms with Crippen molar-refractivity contribution in [3.05, 3.63) is 60.2 Å². The average molecular weight is 434 g/mol. The van der Waals surface area contributed by atoms with Crippen molar-refractivity contribution in [2.45, 2.75) is 25.3 Å². The van der Waals surface area contributed by atoms with Crippen molar-refractivity contribution in [1.29, 1.82) is 0 Å². The molecule has 0 aromatic heterocycles. The molecule has 2 aliphatic rings. The van der Waals surface area contributed by atoms with E-state index in [9.17, 15) is 19.2 Å². The molecule has 32 heavy (non-hydrogen) atoms. The summed E-state index contributed by atoms with van der Waals surface area (Å²) in [5.74, 6) is -0.944. The smallest absolute Gasteiger partial charge is 0.322 e. The Hall–Kier alpha value is -3.68. The molecular weight excluding hydrogens is 408 g/mol. The van der Waals surface area contributed by atoms with Crippen LogP contribution >= 0.6 is 0 Å². The molecule has 0 saturated carbocycles. The van der Waals surface area contributed by atoms with Crippen molar-refractivity contribution in [3.8, 4) is 11.1 Å². The van der Waals surface area contributed by atoms with Gasteiger partial charge in [-0.3, -0.25) is 19.7 Å². The number of urea groups is 1. The molecule has 8 heteroatoms. The van der Waals surface area contributed by atoms with Gasteiger partial charge in [0, 0.05) is 26.1 Å². The molecule has 0 bridgehead atoms. The van der Waals surface area contributed by atoms with Crippen LogP contribution in [-0.4, -0.2) is 54.3 Å². The van der Waals surface area contributed by atoms with Gasteiger partial charge in [0.2, 0.25) is 11.8 Å². The zero-order valence-electron chi connectivity index (χ0n) is 17.7. The summed E-state index contributed by atoms with van der Waals surface area (Å²) in [5, 5.41) is 7.56. The van der Waals surface area contributed by atoms with Gasteiger partial charge in [0.1, 0.15) is 6.04 Å². The molecule has 0 radical (unpaired) electrons. The number of amides is 5. The number of carbonyl (C=O) groups excluding carboxylic acids is 4. The van der Waals surface area contributed by atoms with Crippen LogP contribution in [-0.2, 0) is 20.8 Å². The Kier molecular flexibility index (Phi) is 6.49. The second kappa shape index (κ2) is 9.64. The minimum Gasteiger partial charge on any atom is -0.354 e. The Morgan fingerprint density at radius 3 is 2.34 bits per heavy atom. The molecule has 3 N–H and O–H groups in total. The zero-order chi connectivity index (χ0) is 22.5. The molecule has 2 aromatic rings. The predicted molar refractivity (Wildman–Crippen MR) is 118 cm³/mol. The molecule has 5 amide bonds. The normalized spacial score (nSPS) is 20.9. The van der Waals surface area contributed by atoms with Crippen molar-refractivity contribution >= 4 is 23.8 Å². The number of carbonyl (C=O) groups is 4. The Morgan fingerprint density at radius 2 is 1.66 bits per heavy atom. The first-order chi connectivity index (χ1) is 15.5. The topological polar surface area (TPSA) is 108 Å². The number of benzene rings is 2. The molecule has 2 heterocycles. The first kappa shape index (κ1) is 21.5. The Bertz CT molecular complexity index is 1010. The second-order valence-electron chi connectivity index (χ2n) is 8.15. The third-order valence-electron chi connectivity index (χ3n) is 5.89. The summed E-state index contributed by atoms with van der Waals surface area (Å²) in [6.45, 7) is 1.15. The fraction of sp³-hybridized carbons (Fsp3) is 0.333. The molecule has 2 aliphatic heterocycles. The third-order valence-corrected chi connectivity index (χ3v) is 5.89. The van der Waals surface area contributed by atoms with E-state index in [2.05, 4.69) is 28.1 Å². The van der Waals surface area contributed by atoms with E-state index in [0.717, 1.165) is 16.7 Å². The van der Waals surface area contributed by atoms with E-state index in [1.807, 2.05) is 42.5 Å². The largest absolute Gasteiger partial charge is 0.354 e. The molecule has 2 atom stereocenters. The monoisotopic (exact) mass is 434 g/mol. The molecule has 0 unspecified atom stereocenters. The summed E-state index contributed by atoms with van der Waals surface area (Å²) < 4.78 is 0. The highest BCUT2D eigenvalue weighted by Crippen LogP contribution is 2.21. The Morgan fingerprint density at radius 1 is 0.938 bits per heavy atom. The minimum atomic E-state index is -0.683. The van der Waals surface area contributed by atoms with E-state index < -0.39 is 18.0 Å². The number of hydrogen-bond donors (Lipinski definition) is 3. The maximum Gasteiger partial charge on any atom is 0.322 e. The molecule has 2 aromatic carbocycles. The second-order valence-corrected chi connectivity index (χ2v) is 8.15. The van der Waals surface area contributed by atoms with Gasteiger partial charge in [-0.2, -0.15) is 0 Å². The highest BCUT2D eigenvalue weighted by Gasteiger charge is 2.32. The summed E-state index contributed by atoms with van der Waals surface area (Å²) in [7, 11) is 0. The predicted octanol–water partition coefficient (Wildman–Crippen LogP) is 1.46. The number of hydrogen-bond acceptors (Lipinski definition) is 4. The van der Waals surface area contributed by atoms with Gasteiger partial charge >= 0.3 is 6.03 Å². The highest BCUT2D eigenvalue weighted by atomic mass is 16.2. The van der Waals surface area contributed by atoms with Crippen molar-refractivity contribution in [1.82, 2.24) is 20.9 Å². The molecule has 8 nitrogen and oxygen atoms in total. The fourth-order valence-corrected chi connectivity index (χ4v) is 4.12. The third kappa shape index (κ3) is 5.14. The summed E-state index contributed by atoms with van der Waals surface area (Å²) in [6.07, 6.45) is 0.900. The van der Waals surface area contributed by atoms with Gasteiger partial charge in [-0.15, -0.1) is 0 Å². The first-order valence-corrected chi connectivity index (χ1v) is 10.8. The maximum absolute atomic E-state index is 12.7. The minimum absolute atomic E-state index is 0.0603. The molecule has 2 fully saturated rings. The van der Waals surface area contributed by atoms with Crippen LogP contribution in [0.1, 0.15) is 18.4 Å². The van der Waals surface area contributed by atoms with E-state index in [4.69, 9.17) is 0 Å². The van der Waals surface area contributed by atoms with Crippen molar-refractivity contribution in [2.75, 3.05) is 19.6 Å². The van der Waals surface area contributed by atoms with Gasteiger partial charge in [-0.25, -0.2) is 4.79 Å². The first-order valence-electron chi connectivity index (χ1n) is 10.8. The lowest BCUT2D eigenvalue weighted by Crippen LogP contribution is -2.38. The van der Waals surface area contributed by atoms with Crippen LogP contribution in [0.2, 0.25) is 0 Å². The quantitative estimate of drug-likeness (QED) is 0.598. The molecule has 0 spiro atoms. The van der Waals surface area contributed by atoms with Crippen LogP contribution in [0, 0.1) is 5.92 Å². The van der Waals surface area contributed by atoms with Crippen LogP contribution < -0.4 is 16.0 Å². The molecule has 4 rings (SSSR count). The lowest BCUT2D eigenvalue weighted by atomic mass is 9.96. The summed E-state index contributed by atoms with van der Waals surface area (Å²) in [4.78, 5) is 49.9. The summed E-state index contributed by atoms with van der Waals surface area (Å²) >= 11 is 0. The van der Waals surface area contributed by atoms with E-state index in [-0.39, 0.29) is 30.6 Å². The molecule has 166 valence electrons. The highest BCUT2D eigenvalue weighted by molar-refractivity contribution is 6.04. The van der Waals surface area contributed by atoms with Crippen LogP contribution in [0.5, 0.6) is 0 Å². The zero-order valence-corrected chi connectivity index (χ0v) is 17.7. The van der Waals surface area contributed by atoms with E-state index >= 15 is 0 Å². The van der Waals surface area contributed by atoms with Crippen molar-refractivity contribution in [2.24, 2.45) is 5.92 Å². The summed E-state index contributed by atoms with van der Waals surface area (Å²) in [5.41, 5.74) is 3.28. The van der Waals surface area contributed by atoms with Crippen LogP contribution in [0.15, 0.2) is 54.6 Å². The van der Waals surface area contributed by atoms with Crippen molar-refractivity contribution in [3.63, 3.8) is 0 Å². The van der Waals surface area contributed by atoms with Crippen molar-refractivity contribution < 1.29 is 19.2 Å². The van der Waals surface area contributed by atoms with Gasteiger partial charge in [-0.05, 0) is 29.5 Å². The van der Waals surface area contributed by atoms with E-state index in [0.29, 0.717) is 26.1 Å². The lowest BCUT2D eigenvalue weighted by molar-refractivity contribution is -0.132. The Balaban J connectivity index is 1.36. The van der Waals surface area contributed by atoms with Gasteiger partial charge in [0.25, 0.3) is 5.91 Å². The van der Waals surface area contributed by atoms with Gasteiger partial charge in [-0.1, -0.05) is 54.6 Å². The standard InChI is InChI=1S/C24H26N4O4/c29-21(11-10-20-23(31)27-24(32)26-20)28-13-12-25-22(30)19(15-28)14-16-6-8-18(9-7-16)17-4-2-1-3-5-17/h1-9,19-20H,10-15H2,(H,25,30)(H2,26,27,31,32)/t19-,20+/m0/s1.